The minimum absolute atomic E-state index is 0.0245. The Balaban J connectivity index is 1.50. The Morgan fingerprint density at radius 3 is 2.46 bits per heavy atom. The highest BCUT2D eigenvalue weighted by Gasteiger charge is 2.51. The van der Waals surface area contributed by atoms with Crippen molar-refractivity contribution in [3.63, 3.8) is 0 Å². The second kappa shape index (κ2) is 5.83. The van der Waals surface area contributed by atoms with E-state index in [4.69, 9.17) is 0 Å². The number of hydrogen-bond donors (Lipinski definition) is 2. The Morgan fingerprint density at radius 2 is 1.83 bits per heavy atom. The van der Waals surface area contributed by atoms with Crippen LogP contribution in [0.4, 0.5) is 5.69 Å². The molecule has 1 aromatic heterocycles. The van der Waals surface area contributed by atoms with Crippen LogP contribution in [0.5, 0.6) is 0 Å². The molecule has 0 unspecified atom stereocenters. The first-order valence-corrected chi connectivity index (χ1v) is 8.56. The number of amides is 1. The standard InChI is InChI=1S/C17H15N3O3S/c21-16(14-10-1-2-11(7-10)15(14)17(22)23)18-12-5-3-9(4-6-12)13-8-24-20-19-13/h1-6,8,10-11,14-15H,7H2,(H,18,21)(H,22,23)/t10-,11+,14-,15+/m1/s1. The maximum absolute atomic E-state index is 12.6. The zero-order valence-electron chi connectivity index (χ0n) is 12.6. The highest BCUT2D eigenvalue weighted by molar-refractivity contribution is 7.03. The van der Waals surface area contributed by atoms with Gasteiger partial charge in [0.1, 0.15) is 5.69 Å². The van der Waals surface area contributed by atoms with E-state index in [1.165, 1.54) is 11.5 Å². The maximum atomic E-state index is 12.6. The summed E-state index contributed by atoms with van der Waals surface area (Å²) in [5.41, 5.74) is 2.37. The first kappa shape index (κ1) is 15.0. The fraction of sp³-hybridized carbons (Fsp3) is 0.294. The molecule has 4 atom stereocenters. The predicted octanol–water partition coefficient (Wildman–Crippen LogP) is 2.67. The zero-order chi connectivity index (χ0) is 16.7. The van der Waals surface area contributed by atoms with Gasteiger partial charge in [0.15, 0.2) is 0 Å². The fourth-order valence-electron chi connectivity index (χ4n) is 3.76. The second-order valence-electron chi connectivity index (χ2n) is 6.19. The molecule has 1 aromatic carbocycles. The monoisotopic (exact) mass is 341 g/mol. The Morgan fingerprint density at radius 1 is 1.12 bits per heavy atom. The van der Waals surface area contributed by atoms with Crippen molar-refractivity contribution in [1.29, 1.82) is 0 Å². The molecule has 0 saturated heterocycles. The third-order valence-corrected chi connectivity index (χ3v) is 5.36. The molecule has 2 aliphatic carbocycles. The molecule has 0 radical (unpaired) electrons. The Labute approximate surface area is 142 Å². The second-order valence-corrected chi connectivity index (χ2v) is 6.80. The number of aromatic nitrogens is 2. The summed E-state index contributed by atoms with van der Waals surface area (Å²) < 4.78 is 3.83. The predicted molar refractivity (Wildman–Crippen MR) is 89.3 cm³/mol. The van der Waals surface area contributed by atoms with Crippen molar-refractivity contribution in [3.8, 4) is 11.3 Å². The number of carbonyl (C=O) groups is 2. The number of rotatable bonds is 4. The molecule has 2 N–H and O–H groups in total. The quantitative estimate of drug-likeness (QED) is 0.834. The Hall–Kier alpha value is -2.54. The molecule has 1 amide bonds. The van der Waals surface area contributed by atoms with E-state index in [1.807, 2.05) is 29.7 Å². The summed E-state index contributed by atoms with van der Waals surface area (Å²) in [6.45, 7) is 0. The van der Waals surface area contributed by atoms with Crippen LogP contribution in [0, 0.1) is 23.7 Å². The van der Waals surface area contributed by atoms with E-state index in [2.05, 4.69) is 14.9 Å². The van der Waals surface area contributed by atoms with Crippen LogP contribution in [0.1, 0.15) is 6.42 Å². The molecular formula is C17H15N3O3S. The van der Waals surface area contributed by atoms with Crippen molar-refractivity contribution >= 4 is 29.1 Å². The molecule has 6 nitrogen and oxygen atoms in total. The molecule has 7 heteroatoms. The first-order chi connectivity index (χ1) is 11.6. The first-order valence-electron chi connectivity index (χ1n) is 7.73. The van der Waals surface area contributed by atoms with Gasteiger partial charge in [-0.2, -0.15) is 0 Å². The Kier molecular flexibility index (Phi) is 3.65. The van der Waals surface area contributed by atoms with Crippen molar-refractivity contribution in [2.75, 3.05) is 5.32 Å². The van der Waals surface area contributed by atoms with Gasteiger partial charge in [0.05, 0.1) is 11.8 Å². The lowest BCUT2D eigenvalue weighted by molar-refractivity contribution is -0.146. The van der Waals surface area contributed by atoms with Crippen molar-refractivity contribution in [1.82, 2.24) is 9.59 Å². The van der Waals surface area contributed by atoms with E-state index >= 15 is 0 Å². The number of aliphatic carboxylic acids is 1. The molecule has 1 heterocycles. The minimum atomic E-state index is -0.890. The molecule has 4 rings (SSSR count). The smallest absolute Gasteiger partial charge is 0.307 e. The van der Waals surface area contributed by atoms with Crippen LogP contribution >= 0.6 is 11.5 Å². The van der Waals surface area contributed by atoms with E-state index in [-0.39, 0.29) is 17.7 Å². The highest BCUT2D eigenvalue weighted by atomic mass is 32.1. The molecule has 2 aliphatic rings. The molecular weight excluding hydrogens is 326 g/mol. The van der Waals surface area contributed by atoms with Crippen molar-refractivity contribution in [2.24, 2.45) is 23.7 Å². The van der Waals surface area contributed by atoms with Crippen molar-refractivity contribution in [3.05, 3.63) is 41.8 Å². The number of hydrogen-bond acceptors (Lipinski definition) is 5. The number of carbonyl (C=O) groups excluding carboxylic acids is 1. The summed E-state index contributed by atoms with van der Waals surface area (Å²) in [6.07, 6.45) is 4.67. The minimum Gasteiger partial charge on any atom is -0.481 e. The molecule has 1 fully saturated rings. The molecule has 1 saturated carbocycles. The molecule has 0 spiro atoms. The topological polar surface area (TPSA) is 92.2 Å². The average Bonchev–Trinajstić information content (AvgIpc) is 3.31. The van der Waals surface area contributed by atoms with Crippen LogP contribution < -0.4 is 5.32 Å². The molecule has 2 aromatic rings. The number of benzene rings is 1. The lowest BCUT2D eigenvalue weighted by Crippen LogP contribution is -2.36. The number of carboxylic acid groups (broad SMARTS) is 1. The van der Waals surface area contributed by atoms with Gasteiger partial charge in [0, 0.05) is 16.6 Å². The van der Waals surface area contributed by atoms with Gasteiger partial charge in [-0.25, -0.2) is 0 Å². The van der Waals surface area contributed by atoms with E-state index in [1.54, 1.807) is 12.1 Å². The SMILES string of the molecule is O=C(O)[C@@H]1[C@H](C(=O)Nc2ccc(-c3csnn3)cc2)[C@@H]2C=C[C@H]1C2. The molecule has 24 heavy (non-hydrogen) atoms. The normalized spacial score (nSPS) is 27.3. The summed E-state index contributed by atoms with van der Waals surface area (Å²) in [7, 11) is 0. The summed E-state index contributed by atoms with van der Waals surface area (Å²) in [6, 6.07) is 7.32. The molecule has 122 valence electrons. The summed E-state index contributed by atoms with van der Waals surface area (Å²) in [5, 5.41) is 18.2. The average molecular weight is 341 g/mol. The van der Waals surface area contributed by atoms with E-state index in [9.17, 15) is 14.7 Å². The van der Waals surface area contributed by atoms with E-state index in [0.717, 1.165) is 17.7 Å². The van der Waals surface area contributed by atoms with Gasteiger partial charge in [0.25, 0.3) is 0 Å². The van der Waals surface area contributed by atoms with Crippen LogP contribution in [0.3, 0.4) is 0 Å². The van der Waals surface area contributed by atoms with Gasteiger partial charge in [-0.05, 0) is 41.9 Å². The fourth-order valence-corrected chi connectivity index (χ4v) is 4.22. The van der Waals surface area contributed by atoms with Gasteiger partial charge < -0.3 is 10.4 Å². The van der Waals surface area contributed by atoms with Gasteiger partial charge in [-0.1, -0.05) is 28.8 Å². The van der Waals surface area contributed by atoms with Crippen molar-refractivity contribution in [2.45, 2.75) is 6.42 Å². The molecule has 2 bridgehead atoms. The largest absolute Gasteiger partial charge is 0.481 e. The lowest BCUT2D eigenvalue weighted by Gasteiger charge is -2.23. The number of nitrogens with zero attached hydrogens (tertiary/aromatic N) is 2. The Bertz CT molecular complexity index is 801. The van der Waals surface area contributed by atoms with E-state index in [0.29, 0.717) is 5.69 Å². The summed E-state index contributed by atoms with van der Waals surface area (Å²) in [4.78, 5) is 24.1. The van der Waals surface area contributed by atoms with Gasteiger partial charge in [-0.15, -0.1) is 5.10 Å². The zero-order valence-corrected chi connectivity index (χ0v) is 13.4. The van der Waals surface area contributed by atoms with Gasteiger partial charge in [0.2, 0.25) is 5.91 Å². The van der Waals surface area contributed by atoms with E-state index < -0.39 is 17.8 Å². The van der Waals surface area contributed by atoms with Gasteiger partial charge >= 0.3 is 5.97 Å². The number of fused-ring (bicyclic) bond motifs is 2. The van der Waals surface area contributed by atoms with Crippen molar-refractivity contribution < 1.29 is 14.7 Å². The van der Waals surface area contributed by atoms with Crippen LogP contribution in [-0.4, -0.2) is 26.6 Å². The summed E-state index contributed by atoms with van der Waals surface area (Å²) in [5.74, 6) is -2.24. The number of nitrogens with one attached hydrogen (secondary N) is 1. The third-order valence-electron chi connectivity index (χ3n) is 4.86. The highest BCUT2D eigenvalue weighted by Crippen LogP contribution is 2.48. The van der Waals surface area contributed by atoms with Crippen LogP contribution in [0.25, 0.3) is 11.3 Å². The maximum Gasteiger partial charge on any atom is 0.307 e. The number of allylic oxidation sites excluding steroid dienone is 2. The number of anilines is 1. The van der Waals surface area contributed by atoms with Gasteiger partial charge in [-0.3, -0.25) is 9.59 Å². The van der Waals surface area contributed by atoms with Crippen LogP contribution in [0.2, 0.25) is 0 Å². The number of carboxylic acids is 1. The lowest BCUT2D eigenvalue weighted by atomic mass is 9.82. The summed E-state index contributed by atoms with van der Waals surface area (Å²) >= 11 is 1.28. The van der Waals surface area contributed by atoms with Crippen LogP contribution in [-0.2, 0) is 9.59 Å². The third kappa shape index (κ3) is 2.50. The molecule has 0 aliphatic heterocycles. The van der Waals surface area contributed by atoms with Crippen LogP contribution in [0.15, 0.2) is 41.8 Å².